The number of nitrogens with zero attached hydrogens (tertiary/aromatic N) is 3. The third kappa shape index (κ3) is 1.91. The normalized spacial score (nSPS) is 17.4. The quantitative estimate of drug-likeness (QED) is 0.837. The Kier molecular flexibility index (Phi) is 2.70. The number of fused-ring (bicyclic) bond motifs is 1. The molecule has 3 rings (SSSR count). The molecule has 102 valence electrons. The molecule has 0 bridgehead atoms. The third-order valence-electron chi connectivity index (χ3n) is 3.09. The molecule has 1 unspecified atom stereocenters. The number of benzene rings is 1. The van der Waals surface area contributed by atoms with Crippen molar-refractivity contribution in [3.8, 4) is 0 Å². The highest BCUT2D eigenvalue weighted by atomic mass is 19.1. The number of carboxylic acid groups (broad SMARTS) is 1. The summed E-state index contributed by atoms with van der Waals surface area (Å²) in [7, 11) is 0. The Morgan fingerprint density at radius 3 is 2.75 bits per heavy atom. The fourth-order valence-electron chi connectivity index (χ4n) is 2.14. The molecular formula is C12H9FN4O3. The van der Waals surface area contributed by atoms with Gasteiger partial charge in [-0.15, -0.1) is 5.10 Å². The van der Waals surface area contributed by atoms with E-state index in [4.69, 9.17) is 5.11 Å². The number of rotatable bonds is 2. The minimum atomic E-state index is -1.30. The first-order valence-electron chi connectivity index (χ1n) is 5.79. The lowest BCUT2D eigenvalue weighted by molar-refractivity contribution is 0.0682. The molecule has 0 aliphatic carbocycles. The van der Waals surface area contributed by atoms with E-state index in [0.29, 0.717) is 5.56 Å². The summed E-state index contributed by atoms with van der Waals surface area (Å²) in [5.41, 5.74) is 0.258. The summed E-state index contributed by atoms with van der Waals surface area (Å²) in [6, 6.07) is 5.29. The van der Waals surface area contributed by atoms with Gasteiger partial charge >= 0.3 is 5.97 Å². The van der Waals surface area contributed by atoms with Crippen molar-refractivity contribution in [2.75, 3.05) is 0 Å². The van der Waals surface area contributed by atoms with Gasteiger partial charge in [0.25, 0.3) is 5.91 Å². The highest BCUT2D eigenvalue weighted by molar-refractivity contribution is 6.02. The molecule has 0 saturated carbocycles. The van der Waals surface area contributed by atoms with Crippen molar-refractivity contribution in [3.63, 3.8) is 0 Å². The zero-order valence-corrected chi connectivity index (χ0v) is 10.1. The van der Waals surface area contributed by atoms with Crippen LogP contribution < -0.4 is 5.32 Å². The maximum absolute atomic E-state index is 12.9. The van der Waals surface area contributed by atoms with Gasteiger partial charge < -0.3 is 10.4 Å². The zero-order valence-electron chi connectivity index (χ0n) is 10.1. The van der Waals surface area contributed by atoms with Gasteiger partial charge in [-0.1, -0.05) is 17.3 Å². The minimum Gasteiger partial charge on any atom is -0.476 e. The molecule has 2 heterocycles. The molecule has 1 amide bonds. The molecular weight excluding hydrogens is 267 g/mol. The van der Waals surface area contributed by atoms with Crippen LogP contribution in [0.2, 0.25) is 0 Å². The second-order valence-corrected chi connectivity index (χ2v) is 4.35. The molecule has 0 fully saturated rings. The second kappa shape index (κ2) is 4.41. The van der Waals surface area contributed by atoms with E-state index < -0.39 is 17.9 Å². The van der Waals surface area contributed by atoms with Crippen molar-refractivity contribution in [1.82, 2.24) is 20.3 Å². The molecule has 20 heavy (non-hydrogen) atoms. The molecule has 8 heteroatoms. The van der Waals surface area contributed by atoms with E-state index in [1.807, 2.05) is 0 Å². The van der Waals surface area contributed by atoms with Crippen LogP contribution in [0.15, 0.2) is 24.3 Å². The molecule has 0 saturated heterocycles. The van der Waals surface area contributed by atoms with E-state index in [1.54, 1.807) is 12.1 Å². The highest BCUT2D eigenvalue weighted by Gasteiger charge is 2.32. The maximum Gasteiger partial charge on any atom is 0.358 e. The molecule has 1 atom stereocenters. The number of hydrogen-bond donors (Lipinski definition) is 2. The largest absolute Gasteiger partial charge is 0.476 e. The summed E-state index contributed by atoms with van der Waals surface area (Å²) in [4.78, 5) is 22.9. The van der Waals surface area contributed by atoms with Gasteiger partial charge in [-0.2, -0.15) is 0 Å². The van der Waals surface area contributed by atoms with Gasteiger partial charge in [0, 0.05) is 0 Å². The van der Waals surface area contributed by atoms with Crippen LogP contribution in [0.4, 0.5) is 4.39 Å². The van der Waals surface area contributed by atoms with Crippen LogP contribution in [0, 0.1) is 5.82 Å². The molecule has 0 spiro atoms. The number of amides is 1. The summed E-state index contributed by atoms with van der Waals surface area (Å²) >= 11 is 0. The maximum atomic E-state index is 12.9. The average Bonchev–Trinajstić information content (AvgIpc) is 2.84. The molecule has 1 aliphatic rings. The van der Waals surface area contributed by atoms with Crippen LogP contribution in [0.5, 0.6) is 0 Å². The summed E-state index contributed by atoms with van der Waals surface area (Å²) in [5.74, 6) is -2.24. The van der Waals surface area contributed by atoms with E-state index in [2.05, 4.69) is 15.6 Å². The predicted molar refractivity (Wildman–Crippen MR) is 63.6 cm³/mol. The first-order chi connectivity index (χ1) is 9.56. The number of aromatic nitrogens is 3. The van der Waals surface area contributed by atoms with Gasteiger partial charge in [0.2, 0.25) is 5.69 Å². The molecule has 0 radical (unpaired) electrons. The predicted octanol–water partition coefficient (Wildman–Crippen LogP) is 0.600. The van der Waals surface area contributed by atoms with Crippen molar-refractivity contribution < 1.29 is 19.1 Å². The average molecular weight is 276 g/mol. The van der Waals surface area contributed by atoms with Crippen LogP contribution in [-0.4, -0.2) is 32.0 Å². The number of carboxylic acids is 1. The summed E-state index contributed by atoms with van der Waals surface area (Å²) in [5, 5.41) is 18.7. The van der Waals surface area contributed by atoms with E-state index in [9.17, 15) is 14.0 Å². The number of hydrogen-bond acceptors (Lipinski definition) is 4. The molecule has 2 N–H and O–H groups in total. The van der Waals surface area contributed by atoms with E-state index >= 15 is 0 Å². The Hall–Kier alpha value is -2.77. The highest BCUT2D eigenvalue weighted by Crippen LogP contribution is 2.22. The molecule has 2 aromatic rings. The molecule has 1 aromatic heterocycles. The van der Waals surface area contributed by atoms with Crippen molar-refractivity contribution in [1.29, 1.82) is 0 Å². The van der Waals surface area contributed by atoms with Gasteiger partial charge in [0.15, 0.2) is 5.69 Å². The Morgan fingerprint density at radius 2 is 2.10 bits per heavy atom. The first kappa shape index (κ1) is 12.3. The van der Waals surface area contributed by atoms with Crippen LogP contribution >= 0.6 is 0 Å². The van der Waals surface area contributed by atoms with Gasteiger partial charge in [0.1, 0.15) is 5.82 Å². The van der Waals surface area contributed by atoms with Crippen molar-refractivity contribution in [2.24, 2.45) is 0 Å². The van der Waals surface area contributed by atoms with Crippen molar-refractivity contribution in [2.45, 2.75) is 12.6 Å². The SMILES string of the molecule is O=C(O)c1nnn2c1C(=O)NC(c1ccc(F)cc1)C2. The Morgan fingerprint density at radius 1 is 1.40 bits per heavy atom. The molecule has 7 nitrogen and oxygen atoms in total. The van der Waals surface area contributed by atoms with Gasteiger partial charge in [-0.3, -0.25) is 4.79 Å². The monoisotopic (exact) mass is 276 g/mol. The topological polar surface area (TPSA) is 97.1 Å². The zero-order chi connectivity index (χ0) is 14.3. The van der Waals surface area contributed by atoms with Gasteiger partial charge in [-0.05, 0) is 17.7 Å². The molecule has 1 aromatic carbocycles. The first-order valence-corrected chi connectivity index (χ1v) is 5.79. The Bertz CT molecular complexity index is 695. The molecule has 1 aliphatic heterocycles. The van der Waals surface area contributed by atoms with Gasteiger partial charge in [0.05, 0.1) is 12.6 Å². The Labute approximate surface area is 112 Å². The number of carbonyl (C=O) groups excluding carboxylic acids is 1. The van der Waals surface area contributed by atoms with Crippen LogP contribution in [0.1, 0.15) is 32.6 Å². The summed E-state index contributed by atoms with van der Waals surface area (Å²) in [6.07, 6.45) is 0. The van der Waals surface area contributed by atoms with Crippen LogP contribution in [0.3, 0.4) is 0 Å². The van der Waals surface area contributed by atoms with Gasteiger partial charge in [-0.25, -0.2) is 13.9 Å². The van der Waals surface area contributed by atoms with E-state index in [-0.39, 0.29) is 23.7 Å². The second-order valence-electron chi connectivity index (χ2n) is 4.35. The summed E-state index contributed by atoms with van der Waals surface area (Å²) < 4.78 is 14.1. The standard InChI is InChI=1S/C12H9FN4O3/c13-7-3-1-6(2-4-7)8-5-17-10(11(18)14-8)9(12(19)20)15-16-17/h1-4,8H,5H2,(H,14,18)(H,19,20). The smallest absolute Gasteiger partial charge is 0.358 e. The lowest BCUT2D eigenvalue weighted by Crippen LogP contribution is -2.39. The van der Waals surface area contributed by atoms with Crippen LogP contribution in [0.25, 0.3) is 0 Å². The minimum absolute atomic E-state index is 0.0733. The number of halogens is 1. The Balaban J connectivity index is 1.95. The number of aromatic carboxylic acids is 1. The third-order valence-corrected chi connectivity index (χ3v) is 3.09. The fraction of sp³-hybridized carbons (Fsp3) is 0.167. The lowest BCUT2D eigenvalue weighted by Gasteiger charge is -2.24. The van der Waals surface area contributed by atoms with Crippen LogP contribution in [-0.2, 0) is 6.54 Å². The fourth-order valence-corrected chi connectivity index (χ4v) is 2.14. The number of carbonyl (C=O) groups is 2. The summed E-state index contributed by atoms with van der Waals surface area (Å²) in [6.45, 7) is 0.243. The van der Waals surface area contributed by atoms with Crippen molar-refractivity contribution >= 4 is 11.9 Å². The lowest BCUT2D eigenvalue weighted by atomic mass is 10.0. The van der Waals surface area contributed by atoms with Crippen molar-refractivity contribution in [3.05, 3.63) is 47.0 Å². The number of nitrogens with one attached hydrogen (secondary N) is 1. The van der Waals surface area contributed by atoms with E-state index in [0.717, 1.165) is 0 Å². The van der Waals surface area contributed by atoms with E-state index in [1.165, 1.54) is 16.8 Å².